The van der Waals surface area contributed by atoms with Crippen molar-refractivity contribution >= 4 is 62.5 Å². The summed E-state index contributed by atoms with van der Waals surface area (Å²) >= 11 is 0. The molecule has 0 aliphatic carbocycles. The van der Waals surface area contributed by atoms with Gasteiger partial charge in [-0.3, -0.25) is 38.8 Å². The molecule has 7 fully saturated rings. The Morgan fingerprint density at radius 2 is 1.73 bits per heavy atom. The number of rotatable bonds is 11. The molecule has 85 heavy (non-hydrogen) atoms. The van der Waals surface area contributed by atoms with Gasteiger partial charge in [-0.1, -0.05) is 57.0 Å². The Balaban J connectivity index is 0.650. The van der Waals surface area contributed by atoms with Crippen molar-refractivity contribution in [2.75, 3.05) is 70.5 Å². The Morgan fingerprint density at radius 3 is 2.48 bits per heavy atom. The van der Waals surface area contributed by atoms with Crippen LogP contribution in [0.25, 0.3) is 44.0 Å². The van der Waals surface area contributed by atoms with Gasteiger partial charge >= 0.3 is 23.9 Å². The number of likely N-dealkylation sites (tertiary alicyclic amines) is 2. The maximum absolute atomic E-state index is 17.5. The van der Waals surface area contributed by atoms with E-state index in [-0.39, 0.29) is 89.6 Å². The molecule has 19 nitrogen and oxygen atoms in total. The lowest BCUT2D eigenvalue weighted by Gasteiger charge is -2.42. The van der Waals surface area contributed by atoms with Crippen molar-refractivity contribution in [1.82, 2.24) is 49.0 Å². The number of aryl methyl sites for hydroxylation is 1. The first-order valence-electron chi connectivity index (χ1n) is 30.3. The molecule has 2 bridgehead atoms. The van der Waals surface area contributed by atoms with Crippen LogP contribution in [-0.4, -0.2) is 162 Å². The van der Waals surface area contributed by atoms with Gasteiger partial charge in [0.25, 0.3) is 0 Å². The molecule has 3 aromatic heterocycles. The first-order valence-corrected chi connectivity index (χ1v) is 30.3. The first-order chi connectivity index (χ1) is 40.9. The highest BCUT2D eigenvalue weighted by Crippen LogP contribution is 2.47. The predicted molar refractivity (Wildman–Crippen MR) is 315 cm³/mol. The van der Waals surface area contributed by atoms with Crippen LogP contribution in [0.1, 0.15) is 114 Å². The van der Waals surface area contributed by atoms with Gasteiger partial charge in [-0.15, -0.1) is 6.42 Å². The zero-order valence-corrected chi connectivity index (χ0v) is 48.7. The van der Waals surface area contributed by atoms with Crippen molar-refractivity contribution in [3.63, 3.8) is 0 Å². The number of anilines is 1. The number of imidazole rings is 1. The summed E-state index contributed by atoms with van der Waals surface area (Å²) in [5.41, 5.74) is 2.04. The summed E-state index contributed by atoms with van der Waals surface area (Å²) in [4.78, 5) is 89.2. The summed E-state index contributed by atoms with van der Waals surface area (Å²) in [5, 5.41) is 14.1. The second-order valence-corrected chi connectivity index (χ2v) is 26.0. The molecule has 10 heterocycles. The quantitative estimate of drug-likeness (QED) is 0.0925. The summed E-state index contributed by atoms with van der Waals surface area (Å²) in [5.74, 6) is 1.62. The highest BCUT2D eigenvalue weighted by Gasteiger charge is 2.53. The molecule has 0 radical (unpaired) electrons. The minimum atomic E-state index is -0.965. The number of ether oxygens (including phenoxy) is 2. The zero-order valence-electron chi connectivity index (χ0n) is 48.7. The average Bonchev–Trinajstić information content (AvgIpc) is 3.59. The van der Waals surface area contributed by atoms with Crippen LogP contribution in [0.5, 0.6) is 6.01 Å². The largest absolute Gasteiger partial charge is 0.465 e. The molecule has 3 aromatic carbocycles. The number of terminal acetylenes is 1. The van der Waals surface area contributed by atoms with Gasteiger partial charge in [0.2, 0.25) is 11.8 Å². The Bertz CT molecular complexity index is 3780. The Hall–Kier alpha value is -7.70. The molecule has 6 atom stereocenters. The molecular weight excluding hydrogens is 1090 g/mol. The van der Waals surface area contributed by atoms with Crippen molar-refractivity contribution < 1.29 is 42.5 Å². The number of piperazine rings is 1. The van der Waals surface area contributed by atoms with Crippen LogP contribution < -0.4 is 20.6 Å². The number of hydrogen-bond acceptors (Lipinski definition) is 13. The number of benzene rings is 3. The van der Waals surface area contributed by atoms with E-state index in [4.69, 9.17) is 25.9 Å². The van der Waals surface area contributed by atoms with E-state index >= 15 is 8.78 Å². The minimum absolute atomic E-state index is 0.00158. The topological polar surface area (TPSA) is 201 Å². The lowest BCUT2D eigenvalue weighted by molar-refractivity contribution is -0.135. The second kappa shape index (κ2) is 22.0. The van der Waals surface area contributed by atoms with E-state index in [2.05, 4.69) is 58.9 Å². The fourth-order valence-corrected chi connectivity index (χ4v) is 15.8. The van der Waals surface area contributed by atoms with Crippen LogP contribution in [0.15, 0.2) is 59.5 Å². The van der Waals surface area contributed by atoms with Gasteiger partial charge < -0.3 is 29.3 Å². The van der Waals surface area contributed by atoms with Crippen LogP contribution in [0.2, 0.25) is 0 Å². The van der Waals surface area contributed by atoms with Crippen LogP contribution in [0.3, 0.4) is 0 Å². The number of nitrogens with one attached hydrogen (secondary N) is 1. The molecule has 4 amide bonds. The molecule has 0 saturated carbocycles. The molecule has 6 aromatic rings. The van der Waals surface area contributed by atoms with Crippen molar-refractivity contribution in [3.8, 4) is 29.6 Å². The van der Waals surface area contributed by atoms with E-state index in [9.17, 15) is 29.1 Å². The van der Waals surface area contributed by atoms with Crippen LogP contribution in [0.4, 0.5) is 24.2 Å². The van der Waals surface area contributed by atoms with Crippen molar-refractivity contribution in [3.05, 3.63) is 88.0 Å². The summed E-state index contributed by atoms with van der Waals surface area (Å²) < 4.78 is 48.6. The first kappa shape index (κ1) is 56.4. The van der Waals surface area contributed by atoms with E-state index in [0.717, 1.165) is 83.1 Å². The molecule has 7 saturated heterocycles. The van der Waals surface area contributed by atoms with Gasteiger partial charge in [0.05, 0.1) is 39.6 Å². The third-order valence-electron chi connectivity index (χ3n) is 20.2. The van der Waals surface area contributed by atoms with Crippen LogP contribution in [0, 0.1) is 41.2 Å². The number of nitrogens with zero attached hydrogens (tertiary/aromatic N) is 10. The lowest BCUT2D eigenvalue weighted by atomic mass is 9.76. The standard InChI is InChI=1S/C64H73F2N11O8/c1-6-43-47(65)13-11-39-9-7-10-44(53(39)43)55-54(66)56-45(31-67-55)57(74-33-42-30-46(63(2,3)4)51(34-74)76(42)61(81)82)70-59(69-56)85-36-64-22-8-24-75(64)41(17-23-64)35-84-62(83)73-27-18-37(19-28-73)32-72-25-20-38(21-26-72)40-12-14-48-50(29-40)71(5)60(80)77(48)49-15-16-52(78)68-58(49)79/h1,7,9-14,29,31,37-38,41-42,46,49,51H,8,15-28,30,32-36H2,2-5H3,(H,81,82)(H,68,78,79)/t41-,42?,46?,49?,51?,64-/m1/s1. The average molecular weight is 1160 g/mol. The highest BCUT2D eigenvalue weighted by atomic mass is 19.1. The molecular formula is C64H73F2N11O8. The predicted octanol–water partition coefficient (Wildman–Crippen LogP) is 8.44. The Morgan fingerprint density at radius 1 is 0.929 bits per heavy atom. The fraction of sp³-hybridized carbons (Fsp3) is 0.531. The van der Waals surface area contributed by atoms with Gasteiger partial charge in [-0.05, 0) is 136 Å². The maximum Gasteiger partial charge on any atom is 0.409 e. The van der Waals surface area contributed by atoms with Crippen LogP contribution in [-0.2, 0) is 21.4 Å². The van der Waals surface area contributed by atoms with Gasteiger partial charge in [-0.25, -0.2) is 23.2 Å². The summed E-state index contributed by atoms with van der Waals surface area (Å²) in [6, 6.07) is 12.8. The smallest absolute Gasteiger partial charge is 0.409 e. The summed E-state index contributed by atoms with van der Waals surface area (Å²) in [6.07, 6.45) is 14.4. The number of imide groups is 1. The number of fused-ring (bicyclic) bond motifs is 6. The number of amides is 4. The van der Waals surface area contributed by atoms with E-state index in [1.165, 1.54) is 22.4 Å². The SMILES string of the molecule is C#Cc1c(F)ccc2cccc(-c3ncc4c(N5CC6CC(C(C)(C)C)C(C5)N6C(=O)O)nc(OC[C@]56CCCN5[C@@H](COC(=O)N5CCC(CN7CCC(c8ccc9c(c8)n(C)c(=O)n9C8CCC(=O)NC8=O)CC7)CC5)CC6)nc4c3F)c12. The van der Waals surface area contributed by atoms with Gasteiger partial charge in [0, 0.05) is 69.4 Å². The van der Waals surface area contributed by atoms with E-state index in [0.29, 0.717) is 83.9 Å². The highest BCUT2D eigenvalue weighted by molar-refractivity contribution is 6.02. The number of aromatic nitrogens is 5. The number of pyridine rings is 1. The minimum Gasteiger partial charge on any atom is -0.465 e. The molecule has 13 rings (SSSR count). The van der Waals surface area contributed by atoms with Crippen molar-refractivity contribution in [2.45, 2.75) is 127 Å². The van der Waals surface area contributed by atoms with Gasteiger partial charge in [-0.2, -0.15) is 9.97 Å². The molecule has 0 spiro atoms. The van der Waals surface area contributed by atoms with E-state index in [1.807, 2.05) is 15.9 Å². The molecule has 7 aliphatic rings. The zero-order chi connectivity index (χ0) is 59.2. The third-order valence-corrected chi connectivity index (χ3v) is 20.2. The summed E-state index contributed by atoms with van der Waals surface area (Å²) in [6.45, 7) is 12.5. The fourth-order valence-electron chi connectivity index (χ4n) is 15.8. The lowest BCUT2D eigenvalue weighted by Crippen LogP contribution is -2.57. The van der Waals surface area contributed by atoms with E-state index in [1.54, 1.807) is 40.8 Å². The number of carboxylic acid groups (broad SMARTS) is 1. The van der Waals surface area contributed by atoms with E-state index < -0.39 is 35.2 Å². The molecule has 4 unspecified atom stereocenters. The molecule has 446 valence electrons. The Kier molecular flexibility index (Phi) is 14.6. The normalized spacial score (nSPS) is 25.3. The monoisotopic (exact) mass is 1160 g/mol. The van der Waals surface area contributed by atoms with Crippen molar-refractivity contribution in [1.29, 1.82) is 0 Å². The Labute approximate surface area is 491 Å². The number of hydrogen-bond donors (Lipinski definition) is 2. The maximum atomic E-state index is 17.5. The third kappa shape index (κ3) is 10.1. The number of halogens is 2. The number of piperidine rings is 3. The molecule has 21 heteroatoms. The second-order valence-electron chi connectivity index (χ2n) is 26.0. The van der Waals surface area contributed by atoms with Gasteiger partial charge in [0.1, 0.15) is 42.1 Å². The molecule has 7 aliphatic heterocycles. The van der Waals surface area contributed by atoms with Crippen LogP contribution >= 0.6 is 0 Å². The summed E-state index contributed by atoms with van der Waals surface area (Å²) in [7, 11) is 1.73. The number of carbonyl (C=O) groups excluding carboxylic acids is 3. The number of carbonyl (C=O) groups is 4. The molecule has 2 N–H and O–H groups in total. The van der Waals surface area contributed by atoms with Crippen molar-refractivity contribution in [2.24, 2.45) is 24.3 Å². The van der Waals surface area contributed by atoms with Gasteiger partial charge in [0.15, 0.2) is 5.82 Å².